The fourth-order valence-corrected chi connectivity index (χ4v) is 5.46. The van der Waals surface area contributed by atoms with Crippen LogP contribution in [-0.4, -0.2) is 44.4 Å². The summed E-state index contributed by atoms with van der Waals surface area (Å²) in [5.41, 5.74) is 3.71. The molecule has 1 aliphatic heterocycles. The van der Waals surface area contributed by atoms with Crippen molar-refractivity contribution in [1.29, 1.82) is 0 Å². The number of nitrogens with zero attached hydrogens (tertiary/aromatic N) is 2. The average molecular weight is 489 g/mol. The number of aromatic nitrogens is 1. The maximum Gasteiger partial charge on any atom is 0.260 e. The molecule has 1 aliphatic rings. The maximum absolute atomic E-state index is 13.8. The van der Waals surface area contributed by atoms with Gasteiger partial charge in [-0.05, 0) is 54.7 Å². The minimum absolute atomic E-state index is 0.00731. The minimum Gasteiger partial charge on any atom is -0.495 e. The van der Waals surface area contributed by atoms with Crippen molar-refractivity contribution in [2.75, 3.05) is 32.3 Å². The van der Waals surface area contributed by atoms with Crippen LogP contribution in [0.3, 0.4) is 0 Å². The van der Waals surface area contributed by atoms with E-state index in [0.717, 1.165) is 36.1 Å². The molecule has 1 amide bonds. The molecule has 2 heterocycles. The number of anilines is 1. The summed E-state index contributed by atoms with van der Waals surface area (Å²) in [7, 11) is 3.25. The summed E-state index contributed by atoms with van der Waals surface area (Å²) < 4.78 is 17.8. The maximum atomic E-state index is 13.8. The molecule has 180 valence electrons. The molecule has 0 spiro atoms. The van der Waals surface area contributed by atoms with E-state index >= 15 is 0 Å². The van der Waals surface area contributed by atoms with Crippen LogP contribution >= 0.6 is 11.3 Å². The molecule has 0 saturated carbocycles. The number of benzene rings is 3. The third-order valence-corrected chi connectivity index (χ3v) is 7.33. The van der Waals surface area contributed by atoms with Gasteiger partial charge in [-0.2, -0.15) is 0 Å². The van der Waals surface area contributed by atoms with E-state index in [1.54, 1.807) is 19.1 Å². The fraction of sp³-hybridized carbons (Fsp3) is 0.286. The number of hydrogen-bond donors (Lipinski definition) is 0. The molecule has 35 heavy (non-hydrogen) atoms. The SMILES string of the molecule is COc1ccc(OC)c2sc(N(CC3CCCO3)C(=O)c3ccc(Cc4ccccc4)cc3)nc12. The Morgan fingerprint density at radius 2 is 1.71 bits per heavy atom. The highest BCUT2D eigenvalue weighted by Crippen LogP contribution is 2.40. The lowest BCUT2D eigenvalue weighted by molar-refractivity contribution is 0.0917. The van der Waals surface area contributed by atoms with Crippen molar-refractivity contribution in [2.24, 2.45) is 0 Å². The molecule has 1 fully saturated rings. The van der Waals surface area contributed by atoms with Gasteiger partial charge in [-0.15, -0.1) is 0 Å². The molecule has 7 heteroatoms. The highest BCUT2D eigenvalue weighted by molar-refractivity contribution is 7.22. The van der Waals surface area contributed by atoms with Gasteiger partial charge in [0.25, 0.3) is 5.91 Å². The van der Waals surface area contributed by atoms with E-state index in [0.29, 0.717) is 34.3 Å². The summed E-state index contributed by atoms with van der Waals surface area (Å²) in [6.07, 6.45) is 2.75. The third-order valence-electron chi connectivity index (χ3n) is 6.24. The molecule has 5 rings (SSSR count). The molecule has 1 unspecified atom stereocenters. The van der Waals surface area contributed by atoms with Gasteiger partial charge >= 0.3 is 0 Å². The normalized spacial score (nSPS) is 15.3. The number of carbonyl (C=O) groups excluding carboxylic acids is 1. The number of rotatable bonds is 8. The molecule has 0 N–H and O–H groups in total. The number of fused-ring (bicyclic) bond motifs is 1. The van der Waals surface area contributed by atoms with Crippen molar-refractivity contribution < 1.29 is 19.0 Å². The summed E-state index contributed by atoms with van der Waals surface area (Å²) in [5.74, 6) is 1.26. The van der Waals surface area contributed by atoms with Gasteiger partial charge in [-0.3, -0.25) is 9.69 Å². The Hall–Kier alpha value is -3.42. The van der Waals surface area contributed by atoms with E-state index in [4.69, 9.17) is 19.2 Å². The number of methoxy groups -OCH3 is 2. The first-order valence-electron chi connectivity index (χ1n) is 11.7. The smallest absolute Gasteiger partial charge is 0.260 e. The Morgan fingerprint density at radius 1 is 1.00 bits per heavy atom. The lowest BCUT2D eigenvalue weighted by Crippen LogP contribution is -2.37. The number of amides is 1. The van der Waals surface area contributed by atoms with Crippen LogP contribution in [0.25, 0.3) is 10.2 Å². The van der Waals surface area contributed by atoms with Crippen LogP contribution < -0.4 is 14.4 Å². The zero-order valence-corrected chi connectivity index (χ0v) is 20.7. The summed E-state index contributed by atoms with van der Waals surface area (Å²) in [6.45, 7) is 1.18. The quantitative estimate of drug-likeness (QED) is 0.317. The minimum atomic E-state index is -0.0937. The van der Waals surface area contributed by atoms with Gasteiger partial charge in [-0.1, -0.05) is 53.8 Å². The highest BCUT2D eigenvalue weighted by Gasteiger charge is 2.28. The fourth-order valence-electron chi connectivity index (χ4n) is 4.38. The zero-order valence-electron chi connectivity index (χ0n) is 19.9. The molecule has 0 radical (unpaired) electrons. The van der Waals surface area contributed by atoms with Crippen molar-refractivity contribution in [3.8, 4) is 11.5 Å². The summed E-state index contributed by atoms with van der Waals surface area (Å²) in [4.78, 5) is 20.3. The molecule has 0 bridgehead atoms. The van der Waals surface area contributed by atoms with Gasteiger partial charge in [0.1, 0.15) is 21.7 Å². The topological polar surface area (TPSA) is 60.9 Å². The van der Waals surface area contributed by atoms with E-state index in [1.165, 1.54) is 16.9 Å². The monoisotopic (exact) mass is 488 g/mol. The van der Waals surface area contributed by atoms with E-state index < -0.39 is 0 Å². The van der Waals surface area contributed by atoms with E-state index in [1.807, 2.05) is 54.6 Å². The number of ether oxygens (including phenoxy) is 3. The highest BCUT2D eigenvalue weighted by atomic mass is 32.1. The zero-order chi connectivity index (χ0) is 24.2. The first-order chi connectivity index (χ1) is 17.2. The number of carbonyl (C=O) groups is 1. The van der Waals surface area contributed by atoms with Crippen LogP contribution in [0.2, 0.25) is 0 Å². The molecule has 3 aromatic carbocycles. The third kappa shape index (κ3) is 5.01. The molecule has 1 saturated heterocycles. The Bertz CT molecular complexity index is 1260. The van der Waals surface area contributed by atoms with Gasteiger partial charge in [0.2, 0.25) is 0 Å². The van der Waals surface area contributed by atoms with E-state index in [9.17, 15) is 4.79 Å². The Balaban J connectivity index is 1.46. The number of hydrogen-bond acceptors (Lipinski definition) is 6. The van der Waals surface area contributed by atoms with Gasteiger partial charge in [0, 0.05) is 12.2 Å². The lowest BCUT2D eigenvalue weighted by Gasteiger charge is -2.23. The summed E-state index contributed by atoms with van der Waals surface area (Å²) in [6, 6.07) is 21.9. The Kier molecular flexibility index (Phi) is 6.97. The average Bonchev–Trinajstić information content (AvgIpc) is 3.57. The number of thiazole rings is 1. The summed E-state index contributed by atoms with van der Waals surface area (Å²) in [5, 5.41) is 0.608. The van der Waals surface area contributed by atoms with Gasteiger partial charge in [-0.25, -0.2) is 4.98 Å². The molecule has 1 aromatic heterocycles. The molecular formula is C28H28N2O4S. The van der Waals surface area contributed by atoms with Crippen LogP contribution in [0.15, 0.2) is 66.7 Å². The van der Waals surface area contributed by atoms with Crippen molar-refractivity contribution in [3.63, 3.8) is 0 Å². The lowest BCUT2D eigenvalue weighted by atomic mass is 10.0. The van der Waals surface area contributed by atoms with Gasteiger partial charge in [0.15, 0.2) is 5.13 Å². The van der Waals surface area contributed by atoms with Crippen molar-refractivity contribution in [3.05, 3.63) is 83.4 Å². The Labute approximate surface area is 209 Å². The van der Waals surface area contributed by atoms with Crippen LogP contribution in [0, 0.1) is 0 Å². The Morgan fingerprint density at radius 3 is 2.40 bits per heavy atom. The molecule has 1 atom stereocenters. The molecule has 0 aliphatic carbocycles. The van der Waals surface area contributed by atoms with Crippen LogP contribution in [0.1, 0.15) is 34.3 Å². The molecular weight excluding hydrogens is 460 g/mol. The second kappa shape index (κ2) is 10.5. The predicted molar refractivity (Wildman–Crippen MR) is 139 cm³/mol. The van der Waals surface area contributed by atoms with E-state index in [-0.39, 0.29) is 12.0 Å². The second-order valence-corrected chi connectivity index (χ2v) is 9.53. The largest absolute Gasteiger partial charge is 0.495 e. The summed E-state index contributed by atoms with van der Waals surface area (Å²) >= 11 is 1.43. The molecule has 4 aromatic rings. The van der Waals surface area contributed by atoms with Crippen LogP contribution in [-0.2, 0) is 11.2 Å². The predicted octanol–water partition coefficient (Wildman–Crippen LogP) is 5.73. The van der Waals surface area contributed by atoms with Gasteiger partial charge in [0.05, 0.1) is 26.9 Å². The van der Waals surface area contributed by atoms with Crippen molar-refractivity contribution in [1.82, 2.24) is 4.98 Å². The van der Waals surface area contributed by atoms with Gasteiger partial charge < -0.3 is 14.2 Å². The van der Waals surface area contributed by atoms with Crippen molar-refractivity contribution in [2.45, 2.75) is 25.4 Å². The first kappa shape index (κ1) is 23.3. The van der Waals surface area contributed by atoms with Crippen LogP contribution in [0.5, 0.6) is 11.5 Å². The van der Waals surface area contributed by atoms with E-state index in [2.05, 4.69) is 12.1 Å². The van der Waals surface area contributed by atoms with Crippen molar-refractivity contribution >= 4 is 32.6 Å². The second-order valence-electron chi connectivity index (χ2n) is 8.55. The van der Waals surface area contributed by atoms with Crippen LogP contribution in [0.4, 0.5) is 5.13 Å². The standard InChI is InChI=1S/C28H28N2O4S/c1-32-23-14-15-24(33-2)26-25(23)29-28(35-26)30(18-22-9-6-16-34-22)27(31)21-12-10-20(11-13-21)17-19-7-4-3-5-8-19/h3-5,7-8,10-15,22H,6,9,16-18H2,1-2H3. The molecule has 6 nitrogen and oxygen atoms in total. The first-order valence-corrected chi connectivity index (χ1v) is 12.6.